The molecule has 0 radical (unpaired) electrons. The Morgan fingerprint density at radius 1 is 1.00 bits per heavy atom. The second kappa shape index (κ2) is 12.5. The highest BCUT2D eigenvalue weighted by Crippen LogP contribution is 2.24. The third-order valence-corrected chi connectivity index (χ3v) is 7.31. The van der Waals surface area contributed by atoms with Crippen molar-refractivity contribution >= 4 is 28.2 Å². The summed E-state index contributed by atoms with van der Waals surface area (Å²) in [6, 6.07) is 11.5. The normalized spacial score (nSPS) is 26.5. The van der Waals surface area contributed by atoms with Gasteiger partial charge in [-0.3, -0.25) is 14.5 Å². The number of fused-ring (bicyclic) bond motifs is 1. The maximum Gasteiger partial charge on any atom is 0.242 e. The Kier molecular flexibility index (Phi) is 9.32. The first-order valence-corrected chi connectivity index (χ1v) is 12.9. The number of carbonyl (C=O) groups excluding carboxylic acids is 2. The molecule has 2 heterocycles. The first-order chi connectivity index (χ1) is 18.2. The molecule has 2 aromatic rings. The van der Waals surface area contributed by atoms with Crippen molar-refractivity contribution in [1.29, 1.82) is 0 Å². The highest BCUT2D eigenvalue weighted by molar-refractivity contribution is 5.99. The van der Waals surface area contributed by atoms with Crippen molar-refractivity contribution in [2.75, 3.05) is 64.4 Å². The fraction of sp³-hybridized carbons (Fsp3) is 0.556. The van der Waals surface area contributed by atoms with Crippen LogP contribution >= 0.6 is 0 Å². The fourth-order valence-corrected chi connectivity index (χ4v) is 4.81. The molecule has 11 nitrogen and oxygen atoms in total. The summed E-state index contributed by atoms with van der Waals surface area (Å²) in [5.74, 6) is 0.0665. The Morgan fingerprint density at radius 3 is 2.37 bits per heavy atom. The third kappa shape index (κ3) is 6.49. The number of nitrogens with zero attached hydrogens (tertiary/aromatic N) is 3. The van der Waals surface area contributed by atoms with Crippen LogP contribution in [-0.4, -0.2) is 132 Å². The maximum atomic E-state index is 12.9. The van der Waals surface area contributed by atoms with Gasteiger partial charge in [0.05, 0.1) is 19.8 Å². The van der Waals surface area contributed by atoms with Crippen molar-refractivity contribution in [2.24, 2.45) is 0 Å². The molecule has 11 heteroatoms. The smallest absolute Gasteiger partial charge is 0.242 e. The lowest BCUT2D eigenvalue weighted by atomic mass is 9.99. The number of aliphatic hydroxyl groups is 4. The highest BCUT2D eigenvalue weighted by Gasteiger charge is 2.44. The molecule has 0 saturated carbocycles. The Bertz CT molecular complexity index is 1120. The first kappa shape index (κ1) is 28.4. The van der Waals surface area contributed by atoms with Crippen LogP contribution in [0.1, 0.15) is 17.3 Å². The van der Waals surface area contributed by atoms with Gasteiger partial charge in [0.25, 0.3) is 0 Å². The van der Waals surface area contributed by atoms with Gasteiger partial charge >= 0.3 is 0 Å². The molecular weight excluding hydrogens is 494 g/mol. The molecule has 4 N–H and O–H groups in total. The molecule has 2 fully saturated rings. The van der Waals surface area contributed by atoms with E-state index in [-0.39, 0.29) is 24.8 Å². The Hall–Kier alpha value is -2.64. The van der Waals surface area contributed by atoms with Crippen LogP contribution in [-0.2, 0) is 14.3 Å². The molecule has 5 unspecified atom stereocenters. The zero-order chi connectivity index (χ0) is 27.4. The molecule has 2 aliphatic rings. The van der Waals surface area contributed by atoms with Crippen LogP contribution in [0, 0.1) is 0 Å². The van der Waals surface area contributed by atoms with Gasteiger partial charge in [0.15, 0.2) is 12.1 Å². The van der Waals surface area contributed by atoms with E-state index in [1.165, 1.54) is 0 Å². The van der Waals surface area contributed by atoms with E-state index in [9.17, 15) is 30.0 Å². The Balaban J connectivity index is 1.21. The number of ether oxygens (including phenoxy) is 2. The Labute approximate surface area is 221 Å². The lowest BCUT2D eigenvalue weighted by Crippen LogP contribution is -2.59. The predicted molar refractivity (Wildman–Crippen MR) is 140 cm³/mol. The lowest BCUT2D eigenvalue weighted by molar-refractivity contribution is -0.301. The van der Waals surface area contributed by atoms with E-state index >= 15 is 0 Å². The van der Waals surface area contributed by atoms with Gasteiger partial charge in [-0.1, -0.05) is 18.2 Å². The summed E-state index contributed by atoms with van der Waals surface area (Å²) in [5, 5.41) is 41.1. The number of likely N-dealkylation sites (N-methyl/N-ethyl adjacent to an activating group) is 1. The van der Waals surface area contributed by atoms with Crippen molar-refractivity contribution in [1.82, 2.24) is 9.80 Å². The van der Waals surface area contributed by atoms with E-state index in [2.05, 4.69) is 4.90 Å². The predicted octanol–water partition coefficient (Wildman–Crippen LogP) is -0.561. The van der Waals surface area contributed by atoms with Gasteiger partial charge in [-0.15, -0.1) is 0 Å². The van der Waals surface area contributed by atoms with Gasteiger partial charge in [0.2, 0.25) is 5.91 Å². The van der Waals surface area contributed by atoms with Crippen molar-refractivity contribution in [2.45, 2.75) is 37.6 Å². The van der Waals surface area contributed by atoms with Gasteiger partial charge in [0, 0.05) is 51.0 Å². The molecule has 2 saturated heterocycles. The van der Waals surface area contributed by atoms with Crippen molar-refractivity contribution in [3.8, 4) is 0 Å². The van der Waals surface area contributed by atoms with E-state index in [1.54, 1.807) is 6.92 Å². The summed E-state index contributed by atoms with van der Waals surface area (Å²) in [6.07, 6.45) is -6.44. The summed E-state index contributed by atoms with van der Waals surface area (Å²) >= 11 is 0. The average molecular weight is 532 g/mol. The summed E-state index contributed by atoms with van der Waals surface area (Å²) in [4.78, 5) is 30.5. The minimum Gasteiger partial charge on any atom is -0.394 e. The number of carbonyl (C=O) groups is 2. The number of Topliss-reactive ketones (excluding diaryl/α,β-unsaturated/α-hetero) is 1. The molecule has 0 aromatic heterocycles. The molecular formula is C27H37N3O8. The molecule has 5 atom stereocenters. The molecule has 208 valence electrons. The topological polar surface area (TPSA) is 143 Å². The quantitative estimate of drug-likeness (QED) is 0.311. The zero-order valence-corrected chi connectivity index (χ0v) is 21.8. The van der Waals surface area contributed by atoms with Crippen molar-refractivity contribution in [3.63, 3.8) is 0 Å². The molecule has 4 rings (SSSR count). The van der Waals surface area contributed by atoms with Gasteiger partial charge < -0.3 is 39.7 Å². The second-order valence-electron chi connectivity index (χ2n) is 9.95. The zero-order valence-electron chi connectivity index (χ0n) is 21.8. The van der Waals surface area contributed by atoms with Gasteiger partial charge in [-0.25, -0.2) is 0 Å². The molecule has 0 bridgehead atoms. The van der Waals surface area contributed by atoms with E-state index in [1.807, 2.05) is 53.2 Å². The first-order valence-electron chi connectivity index (χ1n) is 12.9. The third-order valence-electron chi connectivity index (χ3n) is 7.31. The van der Waals surface area contributed by atoms with E-state index in [4.69, 9.17) is 9.47 Å². The van der Waals surface area contributed by atoms with E-state index in [0.717, 1.165) is 16.5 Å². The molecule has 0 spiro atoms. The summed E-state index contributed by atoms with van der Waals surface area (Å²) < 4.78 is 10.9. The summed E-state index contributed by atoms with van der Waals surface area (Å²) in [5.41, 5.74) is 1.60. The SMILES string of the molecule is CC(=O)c1ccc2cc(N(C)CC(=O)N3CCN(CCOC4OC(CO)C(O)C(O)C4O)CC3)ccc2c1. The number of anilines is 1. The molecule has 38 heavy (non-hydrogen) atoms. The highest BCUT2D eigenvalue weighted by atomic mass is 16.7. The van der Waals surface area contributed by atoms with Crippen molar-refractivity contribution < 1.29 is 39.5 Å². The van der Waals surface area contributed by atoms with Crippen LogP contribution in [0.3, 0.4) is 0 Å². The lowest BCUT2D eigenvalue weighted by Gasteiger charge is -2.40. The molecule has 2 aliphatic heterocycles. The van der Waals surface area contributed by atoms with E-state index in [0.29, 0.717) is 38.3 Å². The number of rotatable bonds is 9. The number of hydrogen-bond acceptors (Lipinski definition) is 10. The molecule has 2 aromatic carbocycles. The van der Waals surface area contributed by atoms with E-state index < -0.39 is 37.3 Å². The van der Waals surface area contributed by atoms with Crippen LogP contribution in [0.2, 0.25) is 0 Å². The molecule has 0 aliphatic carbocycles. The van der Waals surface area contributed by atoms with Gasteiger partial charge in [-0.05, 0) is 35.9 Å². The number of benzene rings is 2. The number of ketones is 1. The van der Waals surface area contributed by atoms with Crippen molar-refractivity contribution in [3.05, 3.63) is 42.0 Å². The molecule has 1 amide bonds. The minimum absolute atomic E-state index is 0.0279. The average Bonchev–Trinajstić information content (AvgIpc) is 2.92. The summed E-state index contributed by atoms with van der Waals surface area (Å²) in [7, 11) is 1.88. The monoisotopic (exact) mass is 531 g/mol. The Morgan fingerprint density at radius 2 is 1.68 bits per heavy atom. The second-order valence-corrected chi connectivity index (χ2v) is 9.95. The van der Waals surface area contributed by atoms with Crippen LogP contribution in [0.4, 0.5) is 5.69 Å². The maximum absolute atomic E-state index is 12.9. The van der Waals surface area contributed by atoms with Crippen LogP contribution in [0.25, 0.3) is 10.8 Å². The van der Waals surface area contributed by atoms with Crippen LogP contribution in [0.15, 0.2) is 36.4 Å². The standard InChI is InChI=1S/C27H37N3O8/c1-17(32)18-3-4-20-14-21(6-5-19(20)13-18)28(2)15-23(33)30-9-7-29(8-10-30)11-12-37-27-26(36)25(35)24(34)22(16-31)38-27/h3-6,13-14,22,24-27,31,34-36H,7-12,15-16H2,1-2H3. The number of piperazine rings is 1. The summed E-state index contributed by atoms with van der Waals surface area (Å²) in [6.45, 7) is 4.55. The van der Waals surface area contributed by atoms with Crippen LogP contribution < -0.4 is 4.90 Å². The number of aliphatic hydroxyl groups excluding tert-OH is 4. The largest absolute Gasteiger partial charge is 0.394 e. The fourth-order valence-electron chi connectivity index (χ4n) is 4.81. The minimum atomic E-state index is -1.47. The number of amides is 1. The number of hydrogen-bond donors (Lipinski definition) is 4. The van der Waals surface area contributed by atoms with Crippen LogP contribution in [0.5, 0.6) is 0 Å². The van der Waals surface area contributed by atoms with Gasteiger partial charge in [0.1, 0.15) is 24.4 Å². The van der Waals surface area contributed by atoms with Gasteiger partial charge in [-0.2, -0.15) is 0 Å².